The summed E-state index contributed by atoms with van der Waals surface area (Å²) in [5.74, 6) is -0.545. The van der Waals surface area contributed by atoms with E-state index in [0.717, 1.165) is 13.0 Å². The molecule has 4 rings (SSSR count). The second kappa shape index (κ2) is 4.57. The summed E-state index contributed by atoms with van der Waals surface area (Å²) >= 11 is 0. The highest BCUT2D eigenvalue weighted by Gasteiger charge is 2.51. The van der Waals surface area contributed by atoms with E-state index < -0.39 is 5.79 Å². The number of aromatic amines is 1. The average molecular weight is 300 g/mol. The van der Waals surface area contributed by atoms with Crippen molar-refractivity contribution >= 4 is 10.9 Å². The van der Waals surface area contributed by atoms with Crippen LogP contribution in [0, 0.1) is 0 Å². The third-order valence-electron chi connectivity index (χ3n) is 4.82. The van der Waals surface area contributed by atoms with Gasteiger partial charge in [-0.15, -0.1) is 0 Å². The molecule has 1 fully saturated rings. The third kappa shape index (κ3) is 2.09. The maximum Gasteiger partial charge on any atom is 0.164 e. The molecule has 0 bridgehead atoms. The van der Waals surface area contributed by atoms with Crippen LogP contribution in [-0.2, 0) is 15.9 Å². The zero-order valence-electron chi connectivity index (χ0n) is 13.7. The summed E-state index contributed by atoms with van der Waals surface area (Å²) in [5, 5.41) is 5.04. The van der Waals surface area contributed by atoms with Crippen LogP contribution in [0.3, 0.4) is 0 Å². The van der Waals surface area contributed by atoms with Gasteiger partial charge < -0.3 is 19.8 Å². The van der Waals surface area contributed by atoms with E-state index in [0.29, 0.717) is 0 Å². The highest BCUT2D eigenvalue weighted by Crippen LogP contribution is 2.44. The maximum atomic E-state index is 6.29. The molecule has 118 valence electrons. The standard InChI is InChI=1S/C18H24N2O2/c1-17(2)16(21-18(3,4)22-17)15-12-6-5-7-13-14(12)11(10-20-13)8-9-19-15/h5-7,10,15-16,19-20H,8-9H2,1-4H3/t15-,16-/m0/s1. The van der Waals surface area contributed by atoms with Crippen LogP contribution in [0.25, 0.3) is 10.9 Å². The molecule has 0 unspecified atom stereocenters. The number of benzene rings is 1. The van der Waals surface area contributed by atoms with Gasteiger partial charge in [-0.3, -0.25) is 0 Å². The first-order valence-corrected chi connectivity index (χ1v) is 8.08. The Labute approximate surface area is 131 Å². The molecule has 0 aliphatic carbocycles. The maximum absolute atomic E-state index is 6.29. The summed E-state index contributed by atoms with van der Waals surface area (Å²) in [6, 6.07) is 6.61. The number of nitrogens with one attached hydrogen (secondary N) is 2. The first-order valence-electron chi connectivity index (χ1n) is 8.08. The Kier molecular flexibility index (Phi) is 2.96. The fourth-order valence-electron chi connectivity index (χ4n) is 4.12. The molecule has 3 heterocycles. The lowest BCUT2D eigenvalue weighted by Crippen LogP contribution is -2.43. The highest BCUT2D eigenvalue weighted by atomic mass is 16.8. The van der Waals surface area contributed by atoms with Crippen LogP contribution < -0.4 is 5.32 Å². The molecule has 2 atom stereocenters. The number of hydrogen-bond donors (Lipinski definition) is 2. The molecule has 22 heavy (non-hydrogen) atoms. The zero-order valence-corrected chi connectivity index (χ0v) is 13.7. The van der Waals surface area contributed by atoms with E-state index in [-0.39, 0.29) is 17.7 Å². The van der Waals surface area contributed by atoms with Gasteiger partial charge in [0.15, 0.2) is 5.79 Å². The number of aromatic nitrogens is 1. The van der Waals surface area contributed by atoms with E-state index in [9.17, 15) is 0 Å². The van der Waals surface area contributed by atoms with E-state index in [1.165, 1.54) is 22.0 Å². The monoisotopic (exact) mass is 300 g/mol. The average Bonchev–Trinajstić information content (AvgIpc) is 2.85. The number of H-pyrrole nitrogens is 1. The summed E-state index contributed by atoms with van der Waals surface area (Å²) < 4.78 is 12.4. The summed E-state index contributed by atoms with van der Waals surface area (Å²) in [7, 11) is 0. The molecule has 1 saturated heterocycles. The third-order valence-corrected chi connectivity index (χ3v) is 4.82. The van der Waals surface area contributed by atoms with Crippen LogP contribution in [-0.4, -0.2) is 29.0 Å². The lowest BCUT2D eigenvalue weighted by atomic mass is 9.89. The molecule has 4 nitrogen and oxygen atoms in total. The van der Waals surface area contributed by atoms with Crippen LogP contribution in [0.15, 0.2) is 24.4 Å². The molecule has 0 spiro atoms. The van der Waals surface area contributed by atoms with Crippen LogP contribution in [0.2, 0.25) is 0 Å². The van der Waals surface area contributed by atoms with E-state index in [4.69, 9.17) is 9.47 Å². The molecule has 0 radical (unpaired) electrons. The Bertz CT molecular complexity index is 717. The molecule has 2 aromatic rings. The van der Waals surface area contributed by atoms with E-state index in [1.54, 1.807) is 0 Å². The van der Waals surface area contributed by atoms with Crippen molar-refractivity contribution in [1.29, 1.82) is 0 Å². The summed E-state index contributed by atoms with van der Waals surface area (Å²) in [6.45, 7) is 9.18. The first-order chi connectivity index (χ1) is 10.4. The number of hydrogen-bond acceptors (Lipinski definition) is 3. The van der Waals surface area contributed by atoms with Crippen LogP contribution >= 0.6 is 0 Å². The van der Waals surface area contributed by atoms with E-state index in [2.05, 4.69) is 48.5 Å². The largest absolute Gasteiger partial charge is 0.361 e. The van der Waals surface area contributed by atoms with Gasteiger partial charge in [0.25, 0.3) is 0 Å². The quantitative estimate of drug-likeness (QED) is 0.849. The van der Waals surface area contributed by atoms with E-state index in [1.807, 2.05) is 13.8 Å². The Balaban J connectivity index is 1.84. The number of rotatable bonds is 1. The van der Waals surface area contributed by atoms with Crippen molar-refractivity contribution in [3.05, 3.63) is 35.5 Å². The second-order valence-corrected chi connectivity index (χ2v) is 7.41. The van der Waals surface area contributed by atoms with Gasteiger partial charge >= 0.3 is 0 Å². The molecule has 1 aromatic carbocycles. The Hall–Kier alpha value is -1.36. The molecule has 1 aromatic heterocycles. The van der Waals surface area contributed by atoms with Crippen molar-refractivity contribution in [2.75, 3.05) is 6.54 Å². The van der Waals surface area contributed by atoms with Crippen molar-refractivity contribution in [1.82, 2.24) is 10.3 Å². The minimum absolute atomic E-state index is 0.0195. The summed E-state index contributed by atoms with van der Waals surface area (Å²) in [5.41, 5.74) is 3.57. The van der Waals surface area contributed by atoms with E-state index >= 15 is 0 Å². The van der Waals surface area contributed by atoms with Crippen molar-refractivity contribution in [3.63, 3.8) is 0 Å². The molecule has 4 heteroatoms. The van der Waals surface area contributed by atoms with Crippen molar-refractivity contribution in [2.24, 2.45) is 0 Å². The normalized spacial score (nSPS) is 29.6. The fourth-order valence-corrected chi connectivity index (χ4v) is 4.12. The molecular formula is C18H24N2O2. The number of ether oxygens (including phenoxy) is 2. The van der Waals surface area contributed by atoms with Crippen LogP contribution in [0.1, 0.15) is 44.9 Å². The summed E-state index contributed by atoms with van der Waals surface area (Å²) in [4.78, 5) is 3.40. The van der Waals surface area contributed by atoms with Crippen LogP contribution in [0.5, 0.6) is 0 Å². The smallest absolute Gasteiger partial charge is 0.164 e. The lowest BCUT2D eigenvalue weighted by molar-refractivity contribution is -0.158. The van der Waals surface area contributed by atoms with Gasteiger partial charge in [0, 0.05) is 17.1 Å². The predicted octanol–water partition coefficient (Wildman–Crippen LogP) is 3.28. The van der Waals surface area contributed by atoms with Crippen molar-refractivity contribution in [3.8, 4) is 0 Å². The lowest BCUT2D eigenvalue weighted by Gasteiger charge is -2.31. The molecule has 2 aliphatic heterocycles. The van der Waals surface area contributed by atoms with Gasteiger partial charge in [0.05, 0.1) is 11.6 Å². The van der Waals surface area contributed by atoms with Crippen molar-refractivity contribution in [2.45, 2.75) is 57.6 Å². The van der Waals surface area contributed by atoms with Gasteiger partial charge in [-0.25, -0.2) is 0 Å². The topological polar surface area (TPSA) is 46.3 Å². The molecule has 2 N–H and O–H groups in total. The highest BCUT2D eigenvalue weighted by molar-refractivity contribution is 5.87. The van der Waals surface area contributed by atoms with Gasteiger partial charge in [-0.1, -0.05) is 12.1 Å². The second-order valence-electron chi connectivity index (χ2n) is 7.41. The van der Waals surface area contributed by atoms with Crippen molar-refractivity contribution < 1.29 is 9.47 Å². The van der Waals surface area contributed by atoms with Crippen LogP contribution in [0.4, 0.5) is 0 Å². The minimum atomic E-state index is -0.545. The Morgan fingerprint density at radius 2 is 2.00 bits per heavy atom. The molecule has 0 saturated carbocycles. The first kappa shape index (κ1) is 14.2. The summed E-state index contributed by atoms with van der Waals surface area (Å²) in [6.07, 6.45) is 3.15. The Morgan fingerprint density at radius 1 is 1.18 bits per heavy atom. The molecular weight excluding hydrogens is 276 g/mol. The minimum Gasteiger partial charge on any atom is -0.361 e. The fraction of sp³-hybridized carbons (Fsp3) is 0.556. The van der Waals surface area contributed by atoms with Gasteiger partial charge in [0.2, 0.25) is 0 Å². The molecule has 0 amide bonds. The van der Waals surface area contributed by atoms with Gasteiger partial charge in [-0.05, 0) is 57.9 Å². The zero-order chi connectivity index (χ0) is 15.5. The van der Waals surface area contributed by atoms with Gasteiger partial charge in [-0.2, -0.15) is 0 Å². The van der Waals surface area contributed by atoms with Gasteiger partial charge in [0.1, 0.15) is 6.10 Å². The predicted molar refractivity (Wildman–Crippen MR) is 86.9 cm³/mol. The Morgan fingerprint density at radius 3 is 2.73 bits per heavy atom. The molecule has 2 aliphatic rings. The SMILES string of the molecule is CC1(C)O[C@@H]([C@H]2NCCc3c[nH]c4cccc2c34)C(C)(C)O1.